The van der Waals surface area contributed by atoms with Crippen LogP contribution in [0.3, 0.4) is 0 Å². The summed E-state index contributed by atoms with van der Waals surface area (Å²) in [7, 11) is 0. The highest BCUT2D eigenvalue weighted by atomic mass is 32.1. The Kier molecular flexibility index (Phi) is 3.05. The monoisotopic (exact) mass is 245 g/mol. The number of rotatable bonds is 2. The number of pyridine rings is 1. The van der Waals surface area contributed by atoms with Crippen molar-refractivity contribution in [2.75, 3.05) is 18.0 Å². The second-order valence-corrected chi connectivity index (χ2v) is 5.27. The van der Waals surface area contributed by atoms with Crippen molar-refractivity contribution < 1.29 is 0 Å². The van der Waals surface area contributed by atoms with Gasteiger partial charge in [0.15, 0.2) is 0 Å². The van der Waals surface area contributed by atoms with Gasteiger partial charge in [-0.25, -0.2) is 9.97 Å². The van der Waals surface area contributed by atoms with Gasteiger partial charge in [-0.05, 0) is 25.0 Å². The van der Waals surface area contributed by atoms with Crippen LogP contribution in [0.4, 0.5) is 5.82 Å². The summed E-state index contributed by atoms with van der Waals surface area (Å²) in [6, 6.07) is 6.10. The van der Waals surface area contributed by atoms with E-state index in [0.29, 0.717) is 5.92 Å². The number of hydrogen-bond acceptors (Lipinski definition) is 4. The number of anilines is 1. The largest absolute Gasteiger partial charge is 0.356 e. The molecule has 0 spiro atoms. The van der Waals surface area contributed by atoms with Crippen LogP contribution in [0.5, 0.6) is 0 Å². The smallest absolute Gasteiger partial charge is 0.128 e. The minimum absolute atomic E-state index is 0.575. The molecule has 0 aromatic carbocycles. The second kappa shape index (κ2) is 4.84. The third kappa shape index (κ3) is 2.31. The second-order valence-electron chi connectivity index (χ2n) is 4.34. The lowest BCUT2D eigenvalue weighted by Gasteiger charge is -2.32. The van der Waals surface area contributed by atoms with Gasteiger partial charge in [0.25, 0.3) is 0 Å². The van der Waals surface area contributed by atoms with Gasteiger partial charge < -0.3 is 4.90 Å². The van der Waals surface area contributed by atoms with Gasteiger partial charge in [-0.15, -0.1) is 11.3 Å². The van der Waals surface area contributed by atoms with Crippen LogP contribution < -0.4 is 4.90 Å². The molecule has 4 heteroatoms. The van der Waals surface area contributed by atoms with Gasteiger partial charge >= 0.3 is 0 Å². The maximum atomic E-state index is 4.44. The van der Waals surface area contributed by atoms with Crippen LogP contribution in [0.1, 0.15) is 23.8 Å². The minimum Gasteiger partial charge on any atom is -0.356 e. The molecule has 0 bridgehead atoms. The maximum Gasteiger partial charge on any atom is 0.128 e. The van der Waals surface area contributed by atoms with Crippen molar-refractivity contribution in [3.63, 3.8) is 0 Å². The standard InChI is InChI=1S/C13H15N3S/c1-2-6-14-12(5-1)16-8-3-4-11(10-16)13-15-7-9-17-13/h1-2,5-7,9,11H,3-4,8,10H2. The van der Waals surface area contributed by atoms with Gasteiger partial charge in [0, 0.05) is 36.8 Å². The van der Waals surface area contributed by atoms with Gasteiger partial charge in [-0.1, -0.05) is 6.07 Å². The SMILES string of the molecule is c1ccc(N2CCCC(c3nccs3)C2)nc1. The van der Waals surface area contributed by atoms with Crippen LogP contribution in [-0.4, -0.2) is 23.1 Å². The highest BCUT2D eigenvalue weighted by Crippen LogP contribution is 2.29. The third-order valence-electron chi connectivity index (χ3n) is 3.20. The molecule has 1 unspecified atom stereocenters. The first kappa shape index (κ1) is 10.7. The molecule has 3 heterocycles. The number of nitrogens with zero attached hydrogens (tertiary/aromatic N) is 3. The molecule has 0 saturated carbocycles. The number of hydrogen-bond donors (Lipinski definition) is 0. The number of aromatic nitrogens is 2. The van der Waals surface area contributed by atoms with E-state index in [-0.39, 0.29) is 0 Å². The summed E-state index contributed by atoms with van der Waals surface area (Å²) in [5, 5.41) is 3.33. The van der Waals surface area contributed by atoms with E-state index in [1.807, 2.05) is 18.5 Å². The van der Waals surface area contributed by atoms with Gasteiger partial charge in [0.05, 0.1) is 5.01 Å². The van der Waals surface area contributed by atoms with Crippen molar-refractivity contribution in [1.29, 1.82) is 0 Å². The predicted octanol–water partition coefficient (Wildman–Crippen LogP) is 2.92. The van der Waals surface area contributed by atoms with E-state index in [1.165, 1.54) is 17.8 Å². The molecular formula is C13H15N3S. The summed E-state index contributed by atoms with van der Waals surface area (Å²) < 4.78 is 0. The van der Waals surface area contributed by atoms with Gasteiger partial charge in [0.2, 0.25) is 0 Å². The van der Waals surface area contributed by atoms with Crippen LogP contribution in [0.25, 0.3) is 0 Å². The Balaban J connectivity index is 1.76. The molecule has 1 saturated heterocycles. The van der Waals surface area contributed by atoms with Crippen LogP contribution in [-0.2, 0) is 0 Å². The zero-order valence-corrected chi connectivity index (χ0v) is 10.4. The molecule has 2 aromatic heterocycles. The average molecular weight is 245 g/mol. The highest BCUT2D eigenvalue weighted by Gasteiger charge is 2.23. The first-order valence-electron chi connectivity index (χ1n) is 5.99. The van der Waals surface area contributed by atoms with Crippen LogP contribution in [0.15, 0.2) is 36.0 Å². The summed E-state index contributed by atoms with van der Waals surface area (Å²) in [5.41, 5.74) is 0. The first-order valence-corrected chi connectivity index (χ1v) is 6.87. The van der Waals surface area contributed by atoms with E-state index < -0.39 is 0 Å². The molecule has 3 rings (SSSR count). The van der Waals surface area contributed by atoms with Crippen molar-refractivity contribution >= 4 is 17.2 Å². The van der Waals surface area contributed by atoms with Crippen molar-refractivity contribution in [1.82, 2.24) is 9.97 Å². The Morgan fingerprint density at radius 3 is 3.00 bits per heavy atom. The fraction of sp³-hybridized carbons (Fsp3) is 0.385. The van der Waals surface area contributed by atoms with Crippen molar-refractivity contribution in [2.45, 2.75) is 18.8 Å². The molecule has 0 N–H and O–H groups in total. The molecule has 3 nitrogen and oxygen atoms in total. The van der Waals surface area contributed by atoms with Crippen molar-refractivity contribution in [3.8, 4) is 0 Å². The number of piperidine rings is 1. The molecule has 17 heavy (non-hydrogen) atoms. The van der Waals surface area contributed by atoms with E-state index >= 15 is 0 Å². The summed E-state index contributed by atoms with van der Waals surface area (Å²) in [6.07, 6.45) is 6.24. The van der Waals surface area contributed by atoms with E-state index in [2.05, 4.69) is 32.4 Å². The molecule has 2 aromatic rings. The van der Waals surface area contributed by atoms with Gasteiger partial charge in [-0.2, -0.15) is 0 Å². The normalized spacial score (nSPS) is 20.5. The predicted molar refractivity (Wildman–Crippen MR) is 70.5 cm³/mol. The summed E-state index contributed by atoms with van der Waals surface area (Å²) in [5.74, 6) is 1.67. The zero-order valence-electron chi connectivity index (χ0n) is 9.62. The van der Waals surface area contributed by atoms with Crippen LogP contribution in [0, 0.1) is 0 Å². The quantitative estimate of drug-likeness (QED) is 0.814. The van der Waals surface area contributed by atoms with Crippen molar-refractivity contribution in [3.05, 3.63) is 41.0 Å². The van der Waals surface area contributed by atoms with E-state index in [9.17, 15) is 0 Å². The Morgan fingerprint density at radius 1 is 1.24 bits per heavy atom. The molecule has 1 aliphatic rings. The molecule has 1 fully saturated rings. The van der Waals surface area contributed by atoms with Gasteiger partial charge in [0.1, 0.15) is 5.82 Å². The van der Waals surface area contributed by atoms with E-state index in [0.717, 1.165) is 18.9 Å². The summed E-state index contributed by atoms with van der Waals surface area (Å²) in [4.78, 5) is 11.2. The first-order chi connectivity index (χ1) is 8.43. The fourth-order valence-electron chi connectivity index (χ4n) is 2.36. The third-order valence-corrected chi connectivity index (χ3v) is 4.13. The van der Waals surface area contributed by atoms with Crippen LogP contribution >= 0.6 is 11.3 Å². The maximum absolute atomic E-state index is 4.44. The molecule has 1 aliphatic heterocycles. The minimum atomic E-state index is 0.575. The van der Waals surface area contributed by atoms with Crippen LogP contribution in [0.2, 0.25) is 0 Å². The molecular weight excluding hydrogens is 230 g/mol. The lowest BCUT2D eigenvalue weighted by atomic mass is 9.99. The molecule has 0 radical (unpaired) electrons. The lowest BCUT2D eigenvalue weighted by Crippen LogP contribution is -2.34. The Bertz CT molecular complexity index is 455. The molecule has 0 amide bonds. The highest BCUT2D eigenvalue weighted by molar-refractivity contribution is 7.09. The average Bonchev–Trinajstić information content (AvgIpc) is 2.94. The van der Waals surface area contributed by atoms with E-state index in [1.54, 1.807) is 11.3 Å². The van der Waals surface area contributed by atoms with E-state index in [4.69, 9.17) is 0 Å². The van der Waals surface area contributed by atoms with Crippen molar-refractivity contribution in [2.24, 2.45) is 0 Å². The topological polar surface area (TPSA) is 29.0 Å². The summed E-state index contributed by atoms with van der Waals surface area (Å²) >= 11 is 1.77. The molecule has 88 valence electrons. The lowest BCUT2D eigenvalue weighted by molar-refractivity contribution is 0.505. The zero-order chi connectivity index (χ0) is 11.5. The Morgan fingerprint density at radius 2 is 2.24 bits per heavy atom. The fourth-order valence-corrected chi connectivity index (χ4v) is 3.13. The number of thiazole rings is 1. The Hall–Kier alpha value is -1.42. The summed E-state index contributed by atoms with van der Waals surface area (Å²) in [6.45, 7) is 2.16. The Labute approximate surface area is 105 Å². The molecule has 1 atom stereocenters. The molecule has 0 aliphatic carbocycles. The van der Waals surface area contributed by atoms with Gasteiger partial charge in [-0.3, -0.25) is 0 Å².